The molecule has 6 nitrogen and oxygen atoms in total. The summed E-state index contributed by atoms with van der Waals surface area (Å²) < 4.78 is 11.3. The van der Waals surface area contributed by atoms with Crippen molar-refractivity contribution < 1.29 is 9.47 Å². The second-order valence-corrected chi connectivity index (χ2v) is 7.68. The smallest absolute Gasteiger partial charge is 0.193 e. The van der Waals surface area contributed by atoms with Crippen LogP contribution in [0.2, 0.25) is 0 Å². The van der Waals surface area contributed by atoms with Crippen LogP contribution < -0.4 is 15.0 Å². The molecule has 1 heterocycles. The van der Waals surface area contributed by atoms with Crippen molar-refractivity contribution in [1.29, 1.82) is 0 Å². The van der Waals surface area contributed by atoms with Crippen LogP contribution in [0.5, 0.6) is 5.75 Å². The zero-order valence-corrected chi connectivity index (χ0v) is 21.7. The summed E-state index contributed by atoms with van der Waals surface area (Å²) in [7, 11) is 3.59. The van der Waals surface area contributed by atoms with Crippen LogP contribution in [0.15, 0.2) is 59.6 Å². The molecule has 1 N–H and O–H groups in total. The molecular weight excluding hydrogens is 515 g/mol. The third-order valence-corrected chi connectivity index (χ3v) is 5.59. The van der Waals surface area contributed by atoms with Gasteiger partial charge in [0.15, 0.2) is 5.96 Å². The largest absolute Gasteiger partial charge is 0.495 e. The van der Waals surface area contributed by atoms with Gasteiger partial charge in [-0.25, -0.2) is 0 Å². The average Bonchev–Trinajstić information content (AvgIpc) is 2.84. The van der Waals surface area contributed by atoms with Gasteiger partial charge in [0, 0.05) is 46.4 Å². The Morgan fingerprint density at radius 1 is 0.938 bits per heavy atom. The van der Waals surface area contributed by atoms with Gasteiger partial charge >= 0.3 is 0 Å². The minimum absolute atomic E-state index is 0. The second-order valence-electron chi connectivity index (χ2n) is 7.68. The Labute approximate surface area is 210 Å². The van der Waals surface area contributed by atoms with E-state index in [1.165, 1.54) is 11.3 Å². The first-order valence-electron chi connectivity index (χ1n) is 11.3. The summed E-state index contributed by atoms with van der Waals surface area (Å²) >= 11 is 0. The zero-order valence-electron chi connectivity index (χ0n) is 19.3. The fourth-order valence-electron chi connectivity index (χ4n) is 3.85. The quantitative estimate of drug-likeness (QED) is 0.209. The van der Waals surface area contributed by atoms with Gasteiger partial charge in [0.2, 0.25) is 0 Å². The first-order valence-corrected chi connectivity index (χ1v) is 11.3. The molecule has 0 amide bonds. The van der Waals surface area contributed by atoms with Gasteiger partial charge in [-0.2, -0.15) is 0 Å². The number of ether oxygens (including phenoxy) is 2. The van der Waals surface area contributed by atoms with Crippen molar-refractivity contribution in [3.05, 3.63) is 60.2 Å². The summed E-state index contributed by atoms with van der Waals surface area (Å²) in [6, 6.07) is 18.7. The molecule has 0 unspecified atom stereocenters. The van der Waals surface area contributed by atoms with E-state index in [-0.39, 0.29) is 24.0 Å². The molecule has 1 fully saturated rings. The summed E-state index contributed by atoms with van der Waals surface area (Å²) in [5, 5.41) is 3.51. The van der Waals surface area contributed by atoms with E-state index in [1.54, 1.807) is 7.11 Å². The van der Waals surface area contributed by atoms with E-state index >= 15 is 0 Å². The van der Waals surface area contributed by atoms with Gasteiger partial charge in [0.1, 0.15) is 5.75 Å². The summed E-state index contributed by atoms with van der Waals surface area (Å²) in [5.74, 6) is 1.93. The Hall–Kier alpha value is -2.00. The monoisotopic (exact) mass is 552 g/mol. The van der Waals surface area contributed by atoms with Crippen molar-refractivity contribution in [3.8, 4) is 5.75 Å². The Morgan fingerprint density at radius 3 is 2.38 bits per heavy atom. The van der Waals surface area contributed by atoms with Crippen LogP contribution in [0.4, 0.5) is 5.69 Å². The number of anilines is 1. The lowest BCUT2D eigenvalue weighted by molar-refractivity contribution is 0.133. The maximum atomic E-state index is 5.78. The van der Waals surface area contributed by atoms with Gasteiger partial charge in [-0.15, -0.1) is 24.0 Å². The fourth-order valence-corrected chi connectivity index (χ4v) is 3.85. The number of nitrogens with one attached hydrogen (secondary N) is 1. The first-order chi connectivity index (χ1) is 15.3. The van der Waals surface area contributed by atoms with Gasteiger partial charge in [0.05, 0.1) is 19.4 Å². The molecule has 1 saturated heterocycles. The van der Waals surface area contributed by atoms with E-state index < -0.39 is 0 Å². The number of hydrogen-bond donors (Lipinski definition) is 1. The molecule has 1 aliphatic heterocycles. The maximum Gasteiger partial charge on any atom is 0.193 e. The van der Waals surface area contributed by atoms with E-state index in [2.05, 4.69) is 56.5 Å². The van der Waals surface area contributed by atoms with Crippen molar-refractivity contribution in [2.24, 2.45) is 4.99 Å². The van der Waals surface area contributed by atoms with Crippen LogP contribution in [0, 0.1) is 0 Å². The second kappa shape index (κ2) is 14.9. The van der Waals surface area contributed by atoms with Crippen LogP contribution in [-0.2, 0) is 11.2 Å². The Kier molecular flexibility index (Phi) is 12.3. The third kappa shape index (κ3) is 8.16. The van der Waals surface area contributed by atoms with Crippen molar-refractivity contribution in [3.63, 3.8) is 0 Å². The molecule has 0 radical (unpaired) electrons. The van der Waals surface area contributed by atoms with Crippen molar-refractivity contribution in [2.45, 2.75) is 19.3 Å². The van der Waals surface area contributed by atoms with E-state index in [4.69, 9.17) is 9.47 Å². The lowest BCUT2D eigenvalue weighted by Gasteiger charge is -2.38. The molecule has 0 aromatic heterocycles. The highest BCUT2D eigenvalue weighted by atomic mass is 127. The highest BCUT2D eigenvalue weighted by molar-refractivity contribution is 14.0. The van der Waals surface area contributed by atoms with E-state index in [0.29, 0.717) is 0 Å². The standard InChI is InChI=1S/C25H36N4O2.HI/c1-26-25(27-15-8-9-20-31-21-14-22-10-4-3-5-11-22)29-18-16-28(17-19-29)23-12-6-7-13-24(23)30-2;/h3-7,10-13H,8-9,14-21H2,1-2H3,(H,26,27);1H. The predicted octanol–water partition coefficient (Wildman–Crippen LogP) is 4.05. The van der Waals surface area contributed by atoms with Crippen LogP contribution in [0.3, 0.4) is 0 Å². The topological polar surface area (TPSA) is 49.3 Å². The molecular formula is C25H37IN4O2. The van der Waals surface area contributed by atoms with Crippen LogP contribution >= 0.6 is 24.0 Å². The van der Waals surface area contributed by atoms with Gasteiger partial charge in [-0.1, -0.05) is 42.5 Å². The minimum atomic E-state index is 0. The van der Waals surface area contributed by atoms with Gasteiger partial charge in [-0.05, 0) is 37.0 Å². The molecule has 0 atom stereocenters. The SMILES string of the molecule is CN=C(NCCCCOCCc1ccccc1)N1CCN(c2ccccc2OC)CC1.I. The summed E-state index contributed by atoms with van der Waals surface area (Å²) in [6.45, 7) is 6.31. The number of rotatable bonds is 10. The lowest BCUT2D eigenvalue weighted by atomic mass is 10.2. The average molecular weight is 553 g/mol. The fraction of sp³-hybridized carbons (Fsp3) is 0.480. The highest BCUT2D eigenvalue weighted by Crippen LogP contribution is 2.28. The molecule has 176 valence electrons. The number of methoxy groups -OCH3 is 1. The Morgan fingerprint density at radius 2 is 1.66 bits per heavy atom. The predicted molar refractivity (Wildman–Crippen MR) is 144 cm³/mol. The third-order valence-electron chi connectivity index (χ3n) is 5.59. The molecule has 0 aliphatic carbocycles. The molecule has 0 spiro atoms. The first kappa shape index (κ1) is 26.3. The maximum absolute atomic E-state index is 5.78. The molecule has 0 bridgehead atoms. The van der Waals surface area contributed by atoms with Crippen molar-refractivity contribution in [2.75, 3.05) is 65.0 Å². The number of piperazine rings is 1. The number of para-hydroxylation sites is 2. The normalized spacial score (nSPS) is 14.1. The number of unbranched alkanes of at least 4 members (excludes halogenated alkanes) is 1. The van der Waals surface area contributed by atoms with Crippen LogP contribution in [0.1, 0.15) is 18.4 Å². The number of aliphatic imine (C=N–C) groups is 1. The van der Waals surface area contributed by atoms with Gasteiger partial charge < -0.3 is 24.6 Å². The number of benzene rings is 2. The van der Waals surface area contributed by atoms with E-state index in [1.807, 2.05) is 25.2 Å². The van der Waals surface area contributed by atoms with Crippen LogP contribution in [-0.4, -0.2) is 71.0 Å². The molecule has 3 rings (SSSR count). The van der Waals surface area contributed by atoms with Crippen molar-refractivity contribution in [1.82, 2.24) is 10.2 Å². The number of hydrogen-bond acceptors (Lipinski definition) is 4. The summed E-state index contributed by atoms with van der Waals surface area (Å²) in [5.41, 5.74) is 2.50. The number of nitrogens with zero attached hydrogens (tertiary/aromatic N) is 3. The lowest BCUT2D eigenvalue weighted by Crippen LogP contribution is -2.52. The number of guanidine groups is 1. The van der Waals surface area contributed by atoms with E-state index in [9.17, 15) is 0 Å². The van der Waals surface area contributed by atoms with Crippen LogP contribution in [0.25, 0.3) is 0 Å². The minimum Gasteiger partial charge on any atom is -0.495 e. The highest BCUT2D eigenvalue weighted by Gasteiger charge is 2.21. The molecule has 0 saturated carbocycles. The van der Waals surface area contributed by atoms with Gasteiger partial charge in [-0.3, -0.25) is 4.99 Å². The summed E-state index contributed by atoms with van der Waals surface area (Å²) in [4.78, 5) is 9.20. The molecule has 7 heteroatoms. The Bertz CT molecular complexity index is 796. The molecule has 32 heavy (non-hydrogen) atoms. The van der Waals surface area contributed by atoms with E-state index in [0.717, 1.165) is 76.9 Å². The molecule has 2 aromatic rings. The zero-order chi connectivity index (χ0) is 21.7. The Balaban J connectivity index is 0.00000363. The van der Waals surface area contributed by atoms with Gasteiger partial charge in [0.25, 0.3) is 0 Å². The number of halogens is 1. The summed E-state index contributed by atoms with van der Waals surface area (Å²) in [6.07, 6.45) is 3.11. The molecule has 1 aliphatic rings. The molecule has 2 aromatic carbocycles. The van der Waals surface area contributed by atoms with Crippen molar-refractivity contribution >= 4 is 35.6 Å².